The van der Waals surface area contributed by atoms with Gasteiger partial charge in [0.25, 0.3) is 5.91 Å². The molecule has 3 N–H and O–H groups in total. The van der Waals surface area contributed by atoms with Gasteiger partial charge in [0.05, 0.1) is 23.7 Å². The molecule has 0 aliphatic rings. The van der Waals surface area contributed by atoms with Crippen molar-refractivity contribution in [2.75, 3.05) is 17.7 Å². The molecule has 1 amide bonds. The summed E-state index contributed by atoms with van der Waals surface area (Å²) in [4.78, 5) is 12.4. The minimum Gasteiger partial charge on any atom is -0.492 e. The van der Waals surface area contributed by atoms with Crippen LogP contribution in [-0.4, -0.2) is 22.3 Å². The van der Waals surface area contributed by atoms with Gasteiger partial charge in [-0.25, -0.2) is 0 Å². The number of nitrogen functional groups attached to an aromatic ring is 1. The quantitative estimate of drug-likeness (QED) is 0.883. The van der Waals surface area contributed by atoms with E-state index in [0.29, 0.717) is 35.8 Å². The first-order valence-electron chi connectivity index (χ1n) is 6.93. The van der Waals surface area contributed by atoms with Gasteiger partial charge in [0.1, 0.15) is 11.4 Å². The molecule has 6 nitrogen and oxygen atoms in total. The maximum absolute atomic E-state index is 12.4. The van der Waals surface area contributed by atoms with Crippen molar-refractivity contribution in [3.05, 3.63) is 35.7 Å². The minimum atomic E-state index is -0.297. The summed E-state index contributed by atoms with van der Waals surface area (Å²) in [6, 6.07) is 7.29. The third-order valence-corrected chi connectivity index (χ3v) is 3.15. The average molecular weight is 288 g/mol. The molecule has 112 valence electrons. The first-order chi connectivity index (χ1) is 10.1. The molecule has 0 bridgehead atoms. The third-order valence-electron chi connectivity index (χ3n) is 3.15. The first-order valence-corrected chi connectivity index (χ1v) is 6.93. The second-order valence-electron chi connectivity index (χ2n) is 4.57. The molecule has 0 fully saturated rings. The number of rotatable bonds is 5. The van der Waals surface area contributed by atoms with E-state index in [9.17, 15) is 4.79 Å². The number of aryl methyl sites for hydroxylation is 2. The molecule has 0 atom stereocenters. The molecule has 0 radical (unpaired) electrons. The molecule has 1 heterocycles. The standard InChI is InChI=1S/C15H20N4O2/c1-4-10-13(16)14(19(3)18-10)15(20)17-11-8-6-7-9-12(11)21-5-2/h6-9H,4-5,16H2,1-3H3,(H,17,20). The van der Waals surface area contributed by atoms with Crippen molar-refractivity contribution in [3.8, 4) is 5.75 Å². The van der Waals surface area contributed by atoms with Gasteiger partial charge in [-0.2, -0.15) is 5.10 Å². The Bertz CT molecular complexity index is 649. The normalized spacial score (nSPS) is 10.4. The Morgan fingerprint density at radius 3 is 2.71 bits per heavy atom. The van der Waals surface area contributed by atoms with Crippen molar-refractivity contribution >= 4 is 17.3 Å². The molecule has 1 aromatic heterocycles. The molecule has 0 saturated carbocycles. The predicted molar refractivity (Wildman–Crippen MR) is 82.6 cm³/mol. The lowest BCUT2D eigenvalue weighted by Gasteiger charge is -2.11. The summed E-state index contributed by atoms with van der Waals surface area (Å²) >= 11 is 0. The molecule has 0 aliphatic heterocycles. The highest BCUT2D eigenvalue weighted by atomic mass is 16.5. The number of ether oxygens (including phenoxy) is 1. The van der Waals surface area contributed by atoms with Gasteiger partial charge in [0.15, 0.2) is 0 Å². The Morgan fingerprint density at radius 2 is 2.10 bits per heavy atom. The van der Waals surface area contributed by atoms with Gasteiger partial charge in [-0.3, -0.25) is 9.48 Å². The van der Waals surface area contributed by atoms with E-state index in [0.717, 1.165) is 5.69 Å². The second-order valence-corrected chi connectivity index (χ2v) is 4.57. The molecule has 2 aromatic rings. The van der Waals surface area contributed by atoms with Crippen LogP contribution in [0.25, 0.3) is 0 Å². The fraction of sp³-hybridized carbons (Fsp3) is 0.333. The van der Waals surface area contributed by atoms with Crippen molar-refractivity contribution < 1.29 is 9.53 Å². The van der Waals surface area contributed by atoms with Gasteiger partial charge in [-0.05, 0) is 25.5 Å². The van der Waals surface area contributed by atoms with E-state index in [2.05, 4.69) is 10.4 Å². The number of carbonyl (C=O) groups excluding carboxylic acids is 1. The summed E-state index contributed by atoms with van der Waals surface area (Å²) in [5.74, 6) is 0.333. The fourth-order valence-electron chi connectivity index (χ4n) is 2.16. The van der Waals surface area contributed by atoms with Crippen LogP contribution in [0.4, 0.5) is 11.4 Å². The maximum Gasteiger partial charge on any atom is 0.276 e. The van der Waals surface area contributed by atoms with E-state index >= 15 is 0 Å². The van der Waals surface area contributed by atoms with E-state index in [-0.39, 0.29) is 5.91 Å². The molecule has 0 saturated heterocycles. The SMILES string of the molecule is CCOc1ccccc1NC(=O)c1c(N)c(CC)nn1C. The van der Waals surface area contributed by atoms with Gasteiger partial charge < -0.3 is 15.8 Å². The van der Waals surface area contributed by atoms with Crippen LogP contribution in [-0.2, 0) is 13.5 Å². The summed E-state index contributed by atoms with van der Waals surface area (Å²) in [6.07, 6.45) is 0.683. The number of anilines is 2. The van der Waals surface area contributed by atoms with E-state index < -0.39 is 0 Å². The zero-order valence-electron chi connectivity index (χ0n) is 12.5. The summed E-state index contributed by atoms with van der Waals surface area (Å²) in [6.45, 7) is 4.37. The summed E-state index contributed by atoms with van der Waals surface area (Å²) in [7, 11) is 1.71. The number of aromatic nitrogens is 2. The van der Waals surface area contributed by atoms with Gasteiger partial charge in [0.2, 0.25) is 0 Å². The molecule has 21 heavy (non-hydrogen) atoms. The number of amides is 1. The average Bonchev–Trinajstić information content (AvgIpc) is 2.75. The third kappa shape index (κ3) is 2.99. The van der Waals surface area contributed by atoms with Crippen LogP contribution < -0.4 is 15.8 Å². The predicted octanol–water partition coefficient (Wildman–Crippen LogP) is 2.22. The van der Waals surface area contributed by atoms with Gasteiger partial charge >= 0.3 is 0 Å². The van der Waals surface area contributed by atoms with Crippen LogP contribution in [0, 0.1) is 0 Å². The zero-order valence-corrected chi connectivity index (χ0v) is 12.5. The van der Waals surface area contributed by atoms with E-state index in [1.54, 1.807) is 13.1 Å². The largest absolute Gasteiger partial charge is 0.492 e. The molecular formula is C15H20N4O2. The topological polar surface area (TPSA) is 82.2 Å². The van der Waals surface area contributed by atoms with Crippen molar-refractivity contribution in [1.29, 1.82) is 0 Å². The lowest BCUT2D eigenvalue weighted by molar-refractivity contribution is 0.101. The molecule has 2 rings (SSSR count). The van der Waals surface area contributed by atoms with Crippen LogP contribution in [0.2, 0.25) is 0 Å². The Hall–Kier alpha value is -2.50. The van der Waals surface area contributed by atoms with Crippen LogP contribution in [0.3, 0.4) is 0 Å². The van der Waals surface area contributed by atoms with Crippen LogP contribution in [0.1, 0.15) is 30.0 Å². The van der Waals surface area contributed by atoms with E-state index in [1.165, 1.54) is 4.68 Å². The van der Waals surface area contributed by atoms with Crippen LogP contribution in [0.5, 0.6) is 5.75 Å². The number of hydrogen-bond donors (Lipinski definition) is 2. The van der Waals surface area contributed by atoms with E-state index in [1.807, 2.05) is 32.0 Å². The highest BCUT2D eigenvalue weighted by Crippen LogP contribution is 2.25. The van der Waals surface area contributed by atoms with Crippen molar-refractivity contribution in [2.24, 2.45) is 7.05 Å². The van der Waals surface area contributed by atoms with Crippen LogP contribution in [0.15, 0.2) is 24.3 Å². The molecule has 1 aromatic carbocycles. The molecule has 0 spiro atoms. The lowest BCUT2D eigenvalue weighted by Crippen LogP contribution is -2.18. The molecule has 6 heteroatoms. The van der Waals surface area contributed by atoms with Crippen molar-refractivity contribution in [1.82, 2.24) is 9.78 Å². The number of nitrogens with zero attached hydrogens (tertiary/aromatic N) is 2. The van der Waals surface area contributed by atoms with Crippen LogP contribution >= 0.6 is 0 Å². The maximum atomic E-state index is 12.4. The smallest absolute Gasteiger partial charge is 0.276 e. The number of hydrogen-bond acceptors (Lipinski definition) is 4. The molecular weight excluding hydrogens is 268 g/mol. The monoisotopic (exact) mass is 288 g/mol. The number of nitrogens with one attached hydrogen (secondary N) is 1. The Balaban J connectivity index is 2.29. The Morgan fingerprint density at radius 1 is 1.38 bits per heavy atom. The number of carbonyl (C=O) groups is 1. The fourth-order valence-corrected chi connectivity index (χ4v) is 2.16. The Labute approximate surface area is 123 Å². The summed E-state index contributed by atoms with van der Waals surface area (Å²) < 4.78 is 7.00. The van der Waals surface area contributed by atoms with E-state index in [4.69, 9.17) is 10.5 Å². The highest BCUT2D eigenvalue weighted by Gasteiger charge is 2.20. The minimum absolute atomic E-state index is 0.297. The van der Waals surface area contributed by atoms with Gasteiger partial charge in [-0.1, -0.05) is 19.1 Å². The summed E-state index contributed by atoms with van der Waals surface area (Å²) in [5.41, 5.74) is 8.11. The Kier molecular flexibility index (Phi) is 4.47. The zero-order chi connectivity index (χ0) is 15.4. The van der Waals surface area contributed by atoms with Gasteiger partial charge in [0, 0.05) is 7.05 Å². The molecule has 0 unspecified atom stereocenters. The van der Waals surface area contributed by atoms with Crippen molar-refractivity contribution in [3.63, 3.8) is 0 Å². The van der Waals surface area contributed by atoms with Crippen molar-refractivity contribution in [2.45, 2.75) is 20.3 Å². The number of nitrogens with two attached hydrogens (primary N) is 1. The molecule has 0 aliphatic carbocycles. The highest BCUT2D eigenvalue weighted by molar-refractivity contribution is 6.07. The summed E-state index contributed by atoms with van der Waals surface area (Å²) in [5, 5.41) is 7.08. The second kappa shape index (κ2) is 6.30. The van der Waals surface area contributed by atoms with Gasteiger partial charge in [-0.15, -0.1) is 0 Å². The lowest BCUT2D eigenvalue weighted by atomic mass is 10.2. The first kappa shape index (κ1) is 14.9. The number of benzene rings is 1. The number of para-hydroxylation sites is 2.